The van der Waals surface area contributed by atoms with Gasteiger partial charge in [-0.05, 0) is 31.7 Å². The monoisotopic (exact) mass is 369 g/mol. The van der Waals surface area contributed by atoms with Crippen LogP contribution >= 0.6 is 0 Å². The van der Waals surface area contributed by atoms with Gasteiger partial charge in [0.05, 0.1) is 25.1 Å². The molecule has 7 nitrogen and oxygen atoms in total. The predicted molar refractivity (Wildman–Crippen MR) is 94.9 cm³/mol. The van der Waals surface area contributed by atoms with Gasteiger partial charge in [-0.3, -0.25) is 4.90 Å². The minimum atomic E-state index is -3.12. The minimum Gasteiger partial charge on any atom is -0.481 e. The van der Waals surface area contributed by atoms with Crippen LogP contribution in [0.25, 0.3) is 0 Å². The van der Waals surface area contributed by atoms with Crippen LogP contribution in [-0.4, -0.2) is 63.0 Å². The molecule has 0 saturated carbocycles. The van der Waals surface area contributed by atoms with Crippen LogP contribution in [0.3, 0.4) is 0 Å². The number of nitrogens with zero attached hydrogens (tertiary/aromatic N) is 2. The van der Waals surface area contributed by atoms with Gasteiger partial charge in [0.1, 0.15) is 0 Å². The van der Waals surface area contributed by atoms with E-state index in [0.29, 0.717) is 19.0 Å². The Hall–Kier alpha value is -1.22. The summed E-state index contributed by atoms with van der Waals surface area (Å²) in [5.74, 6) is 1.06. The largest absolute Gasteiger partial charge is 0.481 e. The number of hydrogen-bond donors (Lipinski definition) is 1. The SMILES string of the molecule is CCS(=O)(=O)NCC1CCC2(CN(Cc3cccnc3OC)C2)OC1. The Labute approximate surface area is 149 Å². The molecule has 0 aliphatic carbocycles. The number of ether oxygens (including phenoxy) is 2. The fourth-order valence-electron chi connectivity index (χ4n) is 3.52. The van der Waals surface area contributed by atoms with Crippen molar-refractivity contribution in [3.63, 3.8) is 0 Å². The van der Waals surface area contributed by atoms with E-state index >= 15 is 0 Å². The summed E-state index contributed by atoms with van der Waals surface area (Å²) in [6, 6.07) is 3.96. The van der Waals surface area contributed by atoms with Crippen LogP contribution in [0.15, 0.2) is 18.3 Å². The van der Waals surface area contributed by atoms with Crippen LogP contribution in [0.2, 0.25) is 0 Å². The van der Waals surface area contributed by atoms with Crippen molar-refractivity contribution in [1.82, 2.24) is 14.6 Å². The van der Waals surface area contributed by atoms with Crippen molar-refractivity contribution in [3.05, 3.63) is 23.9 Å². The molecule has 140 valence electrons. The van der Waals surface area contributed by atoms with E-state index < -0.39 is 10.0 Å². The quantitative estimate of drug-likeness (QED) is 0.773. The Kier molecular flexibility index (Phi) is 5.62. The molecule has 0 amide bonds. The maximum atomic E-state index is 11.5. The normalized spacial score (nSPS) is 23.4. The van der Waals surface area contributed by atoms with Crippen LogP contribution in [0.1, 0.15) is 25.3 Å². The first-order chi connectivity index (χ1) is 12.0. The highest BCUT2D eigenvalue weighted by molar-refractivity contribution is 7.89. The fourth-order valence-corrected chi connectivity index (χ4v) is 4.22. The number of aromatic nitrogens is 1. The highest BCUT2D eigenvalue weighted by Gasteiger charge is 2.46. The molecule has 0 radical (unpaired) electrons. The third-order valence-corrected chi connectivity index (χ3v) is 6.43. The van der Waals surface area contributed by atoms with Crippen molar-refractivity contribution in [3.8, 4) is 5.88 Å². The lowest BCUT2D eigenvalue weighted by atomic mass is 9.83. The van der Waals surface area contributed by atoms with Gasteiger partial charge in [-0.15, -0.1) is 0 Å². The second kappa shape index (κ2) is 7.57. The molecule has 2 aliphatic heterocycles. The summed E-state index contributed by atoms with van der Waals surface area (Å²) in [6.07, 6.45) is 3.71. The first kappa shape index (κ1) is 18.6. The Morgan fingerprint density at radius 1 is 1.48 bits per heavy atom. The van der Waals surface area contributed by atoms with Gasteiger partial charge in [0.25, 0.3) is 0 Å². The zero-order valence-electron chi connectivity index (χ0n) is 14.9. The Morgan fingerprint density at radius 2 is 2.28 bits per heavy atom. The second-order valence-corrected chi connectivity index (χ2v) is 9.06. The molecule has 0 aromatic carbocycles. The van der Waals surface area contributed by atoms with Crippen LogP contribution in [0.4, 0.5) is 0 Å². The van der Waals surface area contributed by atoms with Crippen molar-refractivity contribution < 1.29 is 17.9 Å². The number of nitrogens with one attached hydrogen (secondary N) is 1. The average Bonchev–Trinajstić information content (AvgIpc) is 2.60. The molecule has 1 aromatic rings. The lowest BCUT2D eigenvalue weighted by molar-refractivity contribution is -0.181. The zero-order chi connectivity index (χ0) is 17.9. The number of sulfonamides is 1. The lowest BCUT2D eigenvalue weighted by Gasteiger charge is -2.53. The predicted octanol–water partition coefficient (Wildman–Crippen LogP) is 1.01. The molecular weight excluding hydrogens is 342 g/mol. The van der Waals surface area contributed by atoms with Crippen molar-refractivity contribution in [2.24, 2.45) is 5.92 Å². The topological polar surface area (TPSA) is 80.8 Å². The summed E-state index contributed by atoms with van der Waals surface area (Å²) in [5.41, 5.74) is 1.03. The van der Waals surface area contributed by atoms with Gasteiger partial charge < -0.3 is 9.47 Å². The molecule has 1 atom stereocenters. The van der Waals surface area contributed by atoms with Gasteiger partial charge in [0, 0.05) is 37.9 Å². The highest BCUT2D eigenvalue weighted by atomic mass is 32.2. The molecule has 0 bridgehead atoms. The smallest absolute Gasteiger partial charge is 0.217 e. The Morgan fingerprint density at radius 3 is 2.92 bits per heavy atom. The van der Waals surface area contributed by atoms with Crippen molar-refractivity contribution in [2.75, 3.05) is 39.1 Å². The van der Waals surface area contributed by atoms with Crippen LogP contribution in [0.5, 0.6) is 5.88 Å². The van der Waals surface area contributed by atoms with Gasteiger partial charge in [-0.25, -0.2) is 18.1 Å². The van der Waals surface area contributed by atoms with E-state index in [0.717, 1.165) is 38.0 Å². The second-order valence-electron chi connectivity index (χ2n) is 6.97. The first-order valence-electron chi connectivity index (χ1n) is 8.77. The van der Waals surface area contributed by atoms with Crippen LogP contribution in [-0.2, 0) is 21.3 Å². The van der Waals surface area contributed by atoms with E-state index in [4.69, 9.17) is 9.47 Å². The average molecular weight is 369 g/mol. The molecule has 1 aromatic heterocycles. The molecule has 3 rings (SSSR count). The van der Waals surface area contributed by atoms with Gasteiger partial charge in [0.2, 0.25) is 15.9 Å². The summed E-state index contributed by atoms with van der Waals surface area (Å²) in [4.78, 5) is 6.57. The van der Waals surface area contributed by atoms with E-state index in [1.807, 2.05) is 12.1 Å². The number of rotatable bonds is 7. The summed E-state index contributed by atoms with van der Waals surface area (Å²) < 4.78 is 37.1. The number of likely N-dealkylation sites (tertiary alicyclic amines) is 1. The molecule has 1 N–H and O–H groups in total. The highest BCUT2D eigenvalue weighted by Crippen LogP contribution is 2.37. The van der Waals surface area contributed by atoms with E-state index in [9.17, 15) is 8.42 Å². The van der Waals surface area contributed by atoms with Crippen LogP contribution in [0, 0.1) is 5.92 Å². The maximum Gasteiger partial charge on any atom is 0.217 e. The molecule has 2 fully saturated rings. The summed E-state index contributed by atoms with van der Waals surface area (Å²) >= 11 is 0. The minimum absolute atomic E-state index is 0.0599. The van der Waals surface area contributed by atoms with E-state index in [2.05, 4.69) is 14.6 Å². The molecule has 2 saturated heterocycles. The number of hydrogen-bond acceptors (Lipinski definition) is 6. The summed E-state index contributed by atoms with van der Waals surface area (Å²) in [6.45, 7) is 5.35. The molecule has 1 spiro atoms. The molecule has 1 unspecified atom stereocenters. The molecule has 25 heavy (non-hydrogen) atoms. The molecular formula is C17H27N3O4S. The van der Waals surface area contributed by atoms with Gasteiger partial charge in [-0.2, -0.15) is 0 Å². The third kappa shape index (κ3) is 4.49. The molecule has 8 heteroatoms. The van der Waals surface area contributed by atoms with Gasteiger partial charge in [0.15, 0.2) is 0 Å². The van der Waals surface area contributed by atoms with Gasteiger partial charge in [-0.1, -0.05) is 6.07 Å². The van der Waals surface area contributed by atoms with Crippen molar-refractivity contribution in [1.29, 1.82) is 0 Å². The maximum absolute atomic E-state index is 11.5. The zero-order valence-corrected chi connectivity index (χ0v) is 15.7. The summed E-state index contributed by atoms with van der Waals surface area (Å²) in [5, 5.41) is 0. The Balaban J connectivity index is 1.44. The molecule has 2 aliphatic rings. The third-order valence-electron chi connectivity index (χ3n) is 5.07. The fraction of sp³-hybridized carbons (Fsp3) is 0.706. The van der Waals surface area contributed by atoms with Gasteiger partial charge >= 0.3 is 0 Å². The van der Waals surface area contributed by atoms with Crippen molar-refractivity contribution >= 4 is 10.0 Å². The Bertz CT molecular complexity index is 679. The van der Waals surface area contributed by atoms with E-state index in [1.54, 1.807) is 20.2 Å². The van der Waals surface area contributed by atoms with Crippen LogP contribution < -0.4 is 9.46 Å². The summed E-state index contributed by atoms with van der Waals surface area (Å²) in [7, 11) is -1.48. The standard InChI is InChI=1S/C17H27N3O4S/c1-3-25(21,22)19-9-14-6-7-17(24-11-14)12-20(13-17)10-15-5-4-8-18-16(15)23-2/h4-5,8,14,19H,3,6-7,9-13H2,1-2H3. The first-order valence-corrected chi connectivity index (χ1v) is 10.4. The number of pyridine rings is 1. The number of methoxy groups -OCH3 is 1. The van der Waals surface area contributed by atoms with Crippen molar-refractivity contribution in [2.45, 2.75) is 31.9 Å². The van der Waals surface area contributed by atoms with E-state index in [-0.39, 0.29) is 17.3 Å². The van der Waals surface area contributed by atoms with E-state index in [1.165, 1.54) is 0 Å². The lowest BCUT2D eigenvalue weighted by Crippen LogP contribution is -2.64. The molecule has 3 heterocycles.